The zero-order valence-corrected chi connectivity index (χ0v) is 30.4. The maximum Gasteiger partial charge on any atom is 0.416 e. The molecule has 2 aromatic heterocycles. The van der Waals surface area contributed by atoms with Gasteiger partial charge in [-0.1, -0.05) is 40.2 Å². The average molecular weight is 791 g/mol. The average Bonchev–Trinajstić information content (AvgIpc) is 3.45. The smallest absolute Gasteiger partial charge is 0.366 e. The summed E-state index contributed by atoms with van der Waals surface area (Å²) in [5, 5.41) is 2.99. The Morgan fingerprint density at radius 3 is 2.49 bits per heavy atom. The van der Waals surface area contributed by atoms with Crippen LogP contribution < -0.4 is 15.9 Å². The Balaban J connectivity index is 1.25. The molecule has 15 heteroatoms. The van der Waals surface area contributed by atoms with E-state index in [0.29, 0.717) is 28.3 Å². The highest BCUT2D eigenvalue weighted by atomic mass is 79.9. The number of ether oxygens (including phenoxy) is 1. The summed E-state index contributed by atoms with van der Waals surface area (Å²) in [6, 6.07) is 20.7. The highest BCUT2D eigenvalue weighted by molar-refractivity contribution is 9.10. The van der Waals surface area contributed by atoms with Crippen molar-refractivity contribution < 1.29 is 27.5 Å². The van der Waals surface area contributed by atoms with Crippen molar-refractivity contribution in [2.24, 2.45) is 0 Å². The SMILES string of the molecule is Cc1cc(C(=O)N2Cc3c(C(=O)NCc4ccccc4-c4ccncn4)n(-c4ccc(N5CCOC(C(F)(F)F)C5)cc4)c(=O)n3C[C@H]2C)ccc1Br. The number of hydrogen-bond donors (Lipinski definition) is 1. The number of amides is 2. The molecule has 0 spiro atoms. The number of imidazole rings is 1. The molecule has 2 aliphatic heterocycles. The van der Waals surface area contributed by atoms with Crippen LogP contribution in [0.25, 0.3) is 16.9 Å². The summed E-state index contributed by atoms with van der Waals surface area (Å²) < 4.78 is 49.0. The van der Waals surface area contributed by atoms with Crippen molar-refractivity contribution in [2.45, 2.75) is 51.8 Å². The van der Waals surface area contributed by atoms with E-state index in [9.17, 15) is 27.6 Å². The molecular weight excluding hydrogens is 755 g/mol. The summed E-state index contributed by atoms with van der Waals surface area (Å²) in [7, 11) is 0. The van der Waals surface area contributed by atoms with Gasteiger partial charge in [0.05, 0.1) is 36.8 Å². The normalized spacial score (nSPS) is 17.4. The van der Waals surface area contributed by atoms with Gasteiger partial charge >= 0.3 is 11.9 Å². The van der Waals surface area contributed by atoms with E-state index in [1.807, 2.05) is 44.2 Å². The largest absolute Gasteiger partial charge is 0.416 e. The van der Waals surface area contributed by atoms with Crippen molar-refractivity contribution in [3.8, 4) is 16.9 Å². The van der Waals surface area contributed by atoms with Gasteiger partial charge in [-0.15, -0.1) is 0 Å². The van der Waals surface area contributed by atoms with Crippen molar-refractivity contribution in [1.82, 2.24) is 29.3 Å². The number of alkyl halides is 3. The third-order valence-electron chi connectivity index (χ3n) is 9.64. The van der Waals surface area contributed by atoms with E-state index in [1.54, 1.807) is 58.5 Å². The lowest BCUT2D eigenvalue weighted by Crippen LogP contribution is -2.49. The van der Waals surface area contributed by atoms with E-state index in [0.717, 1.165) is 21.2 Å². The number of anilines is 1. The second-order valence-electron chi connectivity index (χ2n) is 13.1. The van der Waals surface area contributed by atoms with Gasteiger partial charge in [-0.25, -0.2) is 14.8 Å². The molecule has 11 nitrogen and oxygen atoms in total. The zero-order chi connectivity index (χ0) is 37.4. The van der Waals surface area contributed by atoms with Gasteiger partial charge in [0.15, 0.2) is 6.10 Å². The molecule has 0 aliphatic carbocycles. The molecule has 0 bridgehead atoms. The standard InChI is InChI=1S/C38H35BrF3N7O4/c1-23-17-25(7-12-30(23)39)36(51)47-20-32-34(35(50)44-18-26-5-3-4-6-29(26)31-13-14-43-22-45-31)49(37(52)48(32)19-24(47)2)28-10-8-27(9-11-28)46-15-16-53-33(21-46)38(40,41)42/h3-14,17,22,24,33H,15-16,18-21H2,1-2H3,(H,44,50)/t24-,33?/m1/s1. The van der Waals surface area contributed by atoms with Gasteiger partial charge in [0, 0.05) is 53.2 Å². The molecule has 274 valence electrons. The predicted octanol–water partition coefficient (Wildman–Crippen LogP) is 5.91. The van der Waals surface area contributed by atoms with Crippen LogP contribution in [0.15, 0.2) is 94.6 Å². The fourth-order valence-electron chi connectivity index (χ4n) is 6.83. The Hall–Kier alpha value is -5.28. The molecule has 0 saturated carbocycles. The van der Waals surface area contributed by atoms with Crippen LogP contribution >= 0.6 is 15.9 Å². The van der Waals surface area contributed by atoms with Gasteiger partial charge in [0.25, 0.3) is 11.8 Å². The first-order valence-corrected chi connectivity index (χ1v) is 17.8. The fraction of sp³-hybridized carbons (Fsp3) is 0.289. The van der Waals surface area contributed by atoms with Crippen LogP contribution in [-0.2, 0) is 24.4 Å². The number of carbonyl (C=O) groups is 2. The highest BCUT2D eigenvalue weighted by Crippen LogP contribution is 2.30. The maximum absolute atomic E-state index is 14.4. The number of halogens is 4. The number of benzene rings is 3. The van der Waals surface area contributed by atoms with Crippen molar-refractivity contribution in [3.05, 3.63) is 128 Å². The number of aryl methyl sites for hydroxylation is 1. The van der Waals surface area contributed by atoms with Crippen molar-refractivity contribution >= 4 is 33.4 Å². The first-order chi connectivity index (χ1) is 25.4. The fourth-order valence-corrected chi connectivity index (χ4v) is 7.08. The van der Waals surface area contributed by atoms with Crippen molar-refractivity contribution in [1.29, 1.82) is 0 Å². The quantitative estimate of drug-likeness (QED) is 0.218. The van der Waals surface area contributed by atoms with Crippen LogP contribution in [0.3, 0.4) is 0 Å². The third-order valence-corrected chi connectivity index (χ3v) is 10.5. The van der Waals surface area contributed by atoms with E-state index >= 15 is 0 Å². The number of nitrogens with zero attached hydrogens (tertiary/aromatic N) is 6. The summed E-state index contributed by atoms with van der Waals surface area (Å²) in [6.07, 6.45) is -3.34. The van der Waals surface area contributed by atoms with E-state index in [2.05, 4.69) is 31.2 Å². The van der Waals surface area contributed by atoms with Crippen LogP contribution in [0.1, 0.15) is 44.6 Å². The van der Waals surface area contributed by atoms with E-state index in [-0.39, 0.29) is 57.0 Å². The number of carbonyl (C=O) groups excluding carboxylic acids is 2. The minimum absolute atomic E-state index is 0.0116. The summed E-state index contributed by atoms with van der Waals surface area (Å²) in [5.74, 6) is -0.781. The molecule has 0 radical (unpaired) electrons. The molecule has 3 aromatic carbocycles. The lowest BCUT2D eigenvalue weighted by atomic mass is 10.0. The second-order valence-corrected chi connectivity index (χ2v) is 13.9. The monoisotopic (exact) mass is 789 g/mol. The Morgan fingerprint density at radius 1 is 1.02 bits per heavy atom. The molecule has 1 fully saturated rings. The lowest BCUT2D eigenvalue weighted by Gasteiger charge is -2.35. The number of hydrogen-bond acceptors (Lipinski definition) is 7. The molecule has 2 atom stereocenters. The third kappa shape index (κ3) is 7.22. The molecule has 4 heterocycles. The molecule has 7 rings (SSSR count). The zero-order valence-electron chi connectivity index (χ0n) is 28.8. The van der Waals surface area contributed by atoms with E-state index in [4.69, 9.17) is 4.74 Å². The molecule has 2 amide bonds. The Kier molecular flexibility index (Phi) is 9.96. The highest BCUT2D eigenvalue weighted by Gasteiger charge is 2.43. The Labute approximate surface area is 311 Å². The number of rotatable bonds is 7. The van der Waals surface area contributed by atoms with Gasteiger partial charge in [-0.2, -0.15) is 13.2 Å². The van der Waals surface area contributed by atoms with Gasteiger partial charge < -0.3 is 19.9 Å². The van der Waals surface area contributed by atoms with E-state index in [1.165, 1.54) is 15.5 Å². The van der Waals surface area contributed by atoms with Gasteiger partial charge in [0.2, 0.25) is 0 Å². The predicted molar refractivity (Wildman–Crippen MR) is 195 cm³/mol. The van der Waals surface area contributed by atoms with Crippen LogP contribution in [-0.4, -0.2) is 73.8 Å². The molecule has 1 N–H and O–H groups in total. The van der Waals surface area contributed by atoms with Gasteiger partial charge in [-0.3, -0.25) is 18.7 Å². The first-order valence-electron chi connectivity index (χ1n) is 17.0. The summed E-state index contributed by atoms with van der Waals surface area (Å²) in [5.41, 5.74) is 4.44. The Bertz CT molecular complexity index is 2220. The second kappa shape index (κ2) is 14.6. The van der Waals surface area contributed by atoms with E-state index < -0.39 is 23.9 Å². The topological polar surface area (TPSA) is 115 Å². The molecule has 5 aromatic rings. The minimum Gasteiger partial charge on any atom is -0.366 e. The van der Waals surface area contributed by atoms with Gasteiger partial charge in [-0.05, 0) is 73.5 Å². The summed E-state index contributed by atoms with van der Waals surface area (Å²) >= 11 is 3.48. The molecule has 53 heavy (non-hydrogen) atoms. The number of nitrogens with one attached hydrogen (secondary N) is 1. The van der Waals surface area contributed by atoms with Crippen LogP contribution in [0.2, 0.25) is 0 Å². The number of morpholine rings is 1. The lowest BCUT2D eigenvalue weighted by molar-refractivity contribution is -0.221. The van der Waals surface area contributed by atoms with Gasteiger partial charge in [0.1, 0.15) is 12.0 Å². The Morgan fingerprint density at radius 2 is 1.77 bits per heavy atom. The number of fused-ring (bicyclic) bond motifs is 1. The number of aromatic nitrogens is 4. The van der Waals surface area contributed by atoms with Crippen molar-refractivity contribution in [2.75, 3.05) is 24.6 Å². The molecule has 1 unspecified atom stereocenters. The molecule has 2 aliphatic rings. The molecule has 1 saturated heterocycles. The minimum atomic E-state index is -4.50. The summed E-state index contributed by atoms with van der Waals surface area (Å²) in [6.45, 7) is 3.78. The van der Waals surface area contributed by atoms with Crippen LogP contribution in [0.5, 0.6) is 0 Å². The van der Waals surface area contributed by atoms with Crippen molar-refractivity contribution in [3.63, 3.8) is 0 Å². The van der Waals surface area contributed by atoms with Crippen LogP contribution in [0.4, 0.5) is 18.9 Å². The summed E-state index contributed by atoms with van der Waals surface area (Å²) in [4.78, 5) is 54.1. The maximum atomic E-state index is 14.4. The molecular formula is C38H35BrF3N7O4. The van der Waals surface area contributed by atoms with Crippen LogP contribution in [0, 0.1) is 6.92 Å². The first kappa shape index (κ1) is 36.1.